The third kappa shape index (κ3) is 16.5. The summed E-state index contributed by atoms with van der Waals surface area (Å²) in [6.45, 7) is 3.74. The number of nitrogens with zero attached hydrogens (tertiary/aromatic N) is 15. The first-order valence-electron chi connectivity index (χ1n) is 26.5. The van der Waals surface area contributed by atoms with Crippen LogP contribution >= 0.6 is 11.6 Å². The van der Waals surface area contributed by atoms with Crippen molar-refractivity contribution in [2.45, 2.75) is 32.2 Å². The molecule has 0 fully saturated rings. The zero-order valence-corrected chi connectivity index (χ0v) is 49.1. The molecule has 0 aliphatic carbocycles. The SMILES string of the molecule is COc1cncc(-c2ccc3nc(N)cn3n2)c1.COc1cncc(-c2ccc3nc(NC(=O)C(F)(F)F)cn3n2)c1.COc1cncc(-c2ccc3nc(NC(=O)Nc4ccccc4C(=O)NC(C)C)cn3n2)c1.O=C(Nc1cn2nc(Cl)ccc2n1)C(F)(F)F. The summed E-state index contributed by atoms with van der Waals surface area (Å²) in [6.07, 6.45) is 5.44. The fourth-order valence-corrected chi connectivity index (χ4v) is 8.10. The Morgan fingerprint density at radius 2 is 0.891 bits per heavy atom. The minimum absolute atomic E-state index is 0.0255. The Morgan fingerprint density at radius 3 is 1.32 bits per heavy atom. The number of anilines is 5. The summed E-state index contributed by atoms with van der Waals surface area (Å²) in [7, 11) is 4.68. The van der Waals surface area contributed by atoms with E-state index in [9.17, 15) is 45.5 Å². The summed E-state index contributed by atoms with van der Waals surface area (Å²) in [5.74, 6) is -2.33. The van der Waals surface area contributed by atoms with E-state index in [1.165, 1.54) is 36.2 Å². The van der Waals surface area contributed by atoms with Gasteiger partial charge < -0.3 is 41.2 Å². The molecule has 7 N–H and O–H groups in total. The van der Waals surface area contributed by atoms with Crippen molar-refractivity contribution in [2.75, 3.05) is 48.3 Å². The maximum Gasteiger partial charge on any atom is 0.471 e. The number of carbonyl (C=O) groups excluding carboxylic acids is 4. The Hall–Kier alpha value is -12.1. The minimum Gasteiger partial charge on any atom is -0.495 e. The molecule has 5 amide bonds. The van der Waals surface area contributed by atoms with Gasteiger partial charge in [0.1, 0.15) is 28.2 Å². The summed E-state index contributed by atoms with van der Waals surface area (Å²) in [5.41, 5.74) is 12.5. The number of benzene rings is 1. The molecule has 12 aromatic rings. The molecule has 0 spiro atoms. The number of para-hydroxylation sites is 1. The number of aromatic nitrogens is 15. The molecule has 11 heterocycles. The molecule has 0 unspecified atom stereocenters. The second-order valence-electron chi connectivity index (χ2n) is 19.1. The van der Waals surface area contributed by atoms with Crippen LogP contribution in [-0.2, 0) is 9.59 Å². The van der Waals surface area contributed by atoms with Crippen LogP contribution in [0.25, 0.3) is 56.4 Å². The molecule has 12 rings (SSSR count). The average molecular weight is 1290 g/mol. The molecule has 35 heteroatoms. The van der Waals surface area contributed by atoms with E-state index < -0.39 is 30.2 Å². The number of pyridine rings is 3. The highest BCUT2D eigenvalue weighted by Gasteiger charge is 2.40. The highest BCUT2D eigenvalue weighted by Crippen LogP contribution is 2.26. The first kappa shape index (κ1) is 64.4. The van der Waals surface area contributed by atoms with Gasteiger partial charge in [-0.15, -0.1) is 0 Å². The summed E-state index contributed by atoms with van der Waals surface area (Å²) in [5, 5.41) is 28.6. The summed E-state index contributed by atoms with van der Waals surface area (Å²) in [6, 6.07) is 25.1. The van der Waals surface area contributed by atoms with Gasteiger partial charge >= 0.3 is 30.2 Å². The number of fused-ring (bicyclic) bond motifs is 4. The van der Waals surface area contributed by atoms with Gasteiger partial charge in [-0.3, -0.25) is 34.7 Å². The first-order chi connectivity index (χ1) is 43.9. The van der Waals surface area contributed by atoms with Crippen LogP contribution < -0.4 is 46.5 Å². The van der Waals surface area contributed by atoms with Gasteiger partial charge in [0, 0.05) is 41.3 Å². The molecule has 0 saturated heterocycles. The first-order valence-corrected chi connectivity index (χ1v) is 26.9. The number of hydrogen-bond donors (Lipinski definition) is 6. The van der Waals surface area contributed by atoms with Crippen molar-refractivity contribution in [1.82, 2.24) is 78.7 Å². The Balaban J connectivity index is 0.000000150. The van der Waals surface area contributed by atoms with E-state index in [0.717, 1.165) is 27.5 Å². The van der Waals surface area contributed by atoms with Crippen LogP contribution in [0.4, 0.5) is 60.1 Å². The smallest absolute Gasteiger partial charge is 0.471 e. The van der Waals surface area contributed by atoms with Crippen molar-refractivity contribution in [1.29, 1.82) is 0 Å². The monoisotopic (exact) mass is 1290 g/mol. The summed E-state index contributed by atoms with van der Waals surface area (Å²) < 4.78 is 93.8. The van der Waals surface area contributed by atoms with Gasteiger partial charge in [-0.2, -0.15) is 46.7 Å². The number of methoxy groups -OCH3 is 3. The lowest BCUT2D eigenvalue weighted by molar-refractivity contribution is -0.167. The van der Waals surface area contributed by atoms with Crippen molar-refractivity contribution < 1.29 is 59.7 Å². The quantitative estimate of drug-likeness (QED) is 0.0621. The number of amides is 5. The predicted molar refractivity (Wildman–Crippen MR) is 322 cm³/mol. The molecular weight excluding hydrogens is 1240 g/mol. The maximum atomic E-state index is 12.6. The van der Waals surface area contributed by atoms with E-state index in [0.29, 0.717) is 68.4 Å². The van der Waals surface area contributed by atoms with E-state index in [-0.39, 0.29) is 40.0 Å². The molecule has 92 heavy (non-hydrogen) atoms. The van der Waals surface area contributed by atoms with Gasteiger partial charge in [-0.25, -0.2) is 42.8 Å². The van der Waals surface area contributed by atoms with Crippen molar-refractivity contribution in [3.63, 3.8) is 0 Å². The van der Waals surface area contributed by atoms with Gasteiger partial charge in [0.15, 0.2) is 40.0 Å². The molecule has 0 saturated carbocycles. The Morgan fingerprint density at radius 1 is 0.500 bits per heavy atom. The fraction of sp³-hybridized carbons (Fsp3) is 0.140. The zero-order chi connectivity index (χ0) is 65.9. The van der Waals surface area contributed by atoms with Crippen LogP contribution in [-0.4, -0.2) is 137 Å². The highest BCUT2D eigenvalue weighted by molar-refractivity contribution is 6.29. The minimum atomic E-state index is -4.99. The fourth-order valence-electron chi connectivity index (χ4n) is 7.95. The number of imidazole rings is 4. The molecular formula is C57H48ClF6N21O7. The van der Waals surface area contributed by atoms with Gasteiger partial charge in [-0.05, 0) is 92.7 Å². The second kappa shape index (κ2) is 27.9. The standard InChI is InChI=1S/C23H23N7O3.C14H10F3N5O2.C12H11N5O.C8H4ClF3N4O/c1-14(2)25-22(31)17-6-4-5-7-19(17)26-23(32)28-20-13-30-21(27-20)9-8-18(29-30)15-10-16(33-3)12-24-11-15;1-24-9-4-8(5-18-6-9)10-2-3-12-19-11(7-22(12)21-10)20-13(23)14(15,16)17;1-18-9-4-8(5-14-6-9)10-2-3-12-15-11(13)7-17(12)16-10;9-4-1-2-6-13-5(3-16(6)15-4)14-7(17)8(10,11)12/h4-14H,1-3H3,(H,25,31)(H2,26,28,32);2-7H,1H3,(H,20,23);2-7H,13H2,1H3;1-3H,(H,14,17). The van der Waals surface area contributed by atoms with Crippen LogP contribution in [0.3, 0.4) is 0 Å². The van der Waals surface area contributed by atoms with E-state index in [4.69, 9.17) is 31.5 Å². The lowest BCUT2D eigenvalue weighted by atomic mass is 10.1. The molecule has 0 aliphatic heterocycles. The summed E-state index contributed by atoms with van der Waals surface area (Å²) >= 11 is 5.58. The Labute approximate surface area is 518 Å². The van der Waals surface area contributed by atoms with Gasteiger partial charge in [0.25, 0.3) is 5.91 Å². The van der Waals surface area contributed by atoms with Gasteiger partial charge in [0.05, 0.1) is 93.0 Å². The second-order valence-corrected chi connectivity index (χ2v) is 19.5. The van der Waals surface area contributed by atoms with Crippen LogP contribution in [0.5, 0.6) is 17.2 Å². The number of carbonyl (C=O) groups is 4. The van der Waals surface area contributed by atoms with Crippen LogP contribution in [0.15, 0.2) is 153 Å². The lowest BCUT2D eigenvalue weighted by Gasteiger charge is -2.13. The zero-order valence-electron chi connectivity index (χ0n) is 48.3. The van der Waals surface area contributed by atoms with Crippen molar-refractivity contribution in [2.24, 2.45) is 0 Å². The molecule has 0 aliphatic rings. The van der Waals surface area contributed by atoms with E-state index >= 15 is 0 Å². The molecule has 11 aromatic heterocycles. The number of nitrogen functional groups attached to an aromatic ring is 1. The number of halogens is 7. The van der Waals surface area contributed by atoms with Crippen molar-refractivity contribution >= 4 is 86.9 Å². The molecule has 472 valence electrons. The van der Waals surface area contributed by atoms with E-state index in [1.807, 2.05) is 44.2 Å². The number of alkyl halides is 6. The lowest BCUT2D eigenvalue weighted by Crippen LogP contribution is -2.31. The van der Waals surface area contributed by atoms with E-state index in [2.05, 4.69) is 71.2 Å². The molecule has 0 atom stereocenters. The topological polar surface area (TPSA) is 342 Å². The number of nitrogens with one attached hydrogen (secondary N) is 5. The number of rotatable bonds is 12. The number of urea groups is 1. The van der Waals surface area contributed by atoms with E-state index in [1.54, 1.807) is 126 Å². The number of nitrogens with two attached hydrogens (primary N) is 1. The third-order valence-corrected chi connectivity index (χ3v) is 12.3. The van der Waals surface area contributed by atoms with Crippen molar-refractivity contribution in [3.8, 4) is 51.0 Å². The Bertz CT molecular complexity index is 4650. The largest absolute Gasteiger partial charge is 0.495 e. The van der Waals surface area contributed by atoms with Crippen LogP contribution in [0.1, 0.15) is 24.2 Å². The molecule has 0 radical (unpaired) electrons. The third-order valence-electron chi connectivity index (χ3n) is 12.1. The molecule has 28 nitrogen and oxygen atoms in total. The molecule has 0 bridgehead atoms. The predicted octanol–water partition coefficient (Wildman–Crippen LogP) is 9.15. The normalized spacial score (nSPS) is 11.1. The summed E-state index contributed by atoms with van der Waals surface area (Å²) in [4.78, 5) is 74.9. The van der Waals surface area contributed by atoms with Gasteiger partial charge in [-0.1, -0.05) is 23.7 Å². The number of hydrogen-bond acceptors (Lipinski definition) is 19. The van der Waals surface area contributed by atoms with Crippen LogP contribution in [0.2, 0.25) is 5.15 Å². The number of ether oxygens (including phenoxy) is 3. The van der Waals surface area contributed by atoms with Crippen molar-refractivity contribution in [3.05, 3.63) is 164 Å². The molecule has 1 aromatic carbocycles. The maximum absolute atomic E-state index is 12.6. The van der Waals surface area contributed by atoms with Crippen LogP contribution in [0, 0.1) is 0 Å². The average Bonchev–Trinajstić information content (AvgIpc) is 1.73. The Kier molecular flexibility index (Phi) is 19.6. The van der Waals surface area contributed by atoms with Gasteiger partial charge in [0.2, 0.25) is 0 Å². The highest BCUT2D eigenvalue weighted by atomic mass is 35.5.